The third kappa shape index (κ3) is 3.56. The molecule has 1 aliphatic rings. The van der Waals surface area contributed by atoms with E-state index in [9.17, 15) is 10.0 Å². The predicted molar refractivity (Wildman–Crippen MR) is 92.1 cm³/mol. The maximum absolute atomic E-state index is 12.2. The van der Waals surface area contributed by atoms with E-state index in [4.69, 9.17) is 0 Å². The summed E-state index contributed by atoms with van der Waals surface area (Å²) in [5, 5.41) is 14.4. The molecule has 3 rings (SSSR count). The average molecular weight is 332 g/mol. The van der Waals surface area contributed by atoms with Gasteiger partial charge in [0.2, 0.25) is 0 Å². The van der Waals surface area contributed by atoms with Crippen LogP contribution in [-0.2, 0) is 0 Å². The molecule has 1 saturated heterocycles. The molecule has 2 heterocycles. The van der Waals surface area contributed by atoms with Gasteiger partial charge in [0.25, 0.3) is 5.69 Å². The Labute approximate surface area is 137 Å². The van der Waals surface area contributed by atoms with Crippen LogP contribution in [-0.4, -0.2) is 17.4 Å². The highest BCUT2D eigenvalue weighted by molar-refractivity contribution is 8.16. The number of hydrogen-bond donors (Lipinski definition) is 1. The number of carbonyl (C=O) groups is 1. The summed E-state index contributed by atoms with van der Waals surface area (Å²) >= 11 is 3.88. The van der Waals surface area contributed by atoms with Gasteiger partial charge in [0.1, 0.15) is 0 Å². The molecule has 0 unspecified atom stereocenters. The van der Waals surface area contributed by atoms with E-state index < -0.39 is 5.91 Å². The Balaban J connectivity index is 1.75. The summed E-state index contributed by atoms with van der Waals surface area (Å²) in [7, 11) is 0. The lowest BCUT2D eigenvalue weighted by molar-refractivity contribution is -0.607. The summed E-state index contributed by atoms with van der Waals surface area (Å²) < 4.78 is 0.998. The van der Waals surface area contributed by atoms with Crippen molar-refractivity contribution in [2.45, 2.75) is 11.0 Å². The van der Waals surface area contributed by atoms with Crippen molar-refractivity contribution >= 4 is 35.1 Å². The summed E-state index contributed by atoms with van der Waals surface area (Å²) in [6, 6.07) is 12.7. The van der Waals surface area contributed by atoms with Crippen molar-refractivity contribution in [2.75, 3.05) is 16.8 Å². The number of thioether (sulfide) groups is 2. The van der Waals surface area contributed by atoms with Crippen LogP contribution < -0.4 is 10.0 Å². The number of carbonyl (C=O) groups excluding carboxylic acids is 1. The molecule has 2 aromatic rings. The molecular formula is C16H16N2O2S2. The third-order valence-corrected chi connectivity index (χ3v) is 6.32. The second-order valence-corrected chi connectivity index (χ2v) is 7.64. The molecule has 1 aliphatic heterocycles. The molecule has 1 N–H and O–H groups in total. The number of hydrogen-bond acceptors (Lipinski definition) is 4. The normalized spacial score (nSPS) is 15.5. The number of benzene rings is 1. The molecule has 0 radical (unpaired) electrons. The molecule has 0 bridgehead atoms. The van der Waals surface area contributed by atoms with Gasteiger partial charge in [-0.25, -0.2) is 0 Å². The van der Waals surface area contributed by atoms with Crippen LogP contribution in [0.15, 0.2) is 48.7 Å². The van der Waals surface area contributed by atoms with E-state index in [0.717, 1.165) is 5.69 Å². The molecule has 6 heteroatoms. The van der Waals surface area contributed by atoms with E-state index in [0.29, 0.717) is 9.31 Å². The molecular weight excluding hydrogens is 316 g/mol. The maximum atomic E-state index is 12.2. The molecule has 1 aromatic heterocycles. The van der Waals surface area contributed by atoms with Gasteiger partial charge < -0.3 is 10.5 Å². The fourth-order valence-electron chi connectivity index (χ4n) is 2.24. The zero-order valence-electron chi connectivity index (χ0n) is 11.9. The lowest BCUT2D eigenvalue weighted by atomic mass is 10.2. The van der Waals surface area contributed by atoms with Crippen LogP contribution in [0.1, 0.15) is 27.1 Å². The van der Waals surface area contributed by atoms with Gasteiger partial charge in [-0.1, -0.05) is 12.1 Å². The molecule has 4 nitrogen and oxygen atoms in total. The fraction of sp³-hybridized carbons (Fsp3) is 0.250. The highest BCUT2D eigenvalue weighted by Gasteiger charge is 2.18. The fourth-order valence-corrected chi connectivity index (χ4v) is 5.12. The van der Waals surface area contributed by atoms with Crippen molar-refractivity contribution in [1.29, 1.82) is 0 Å². The number of anilines is 1. The molecule has 1 aromatic carbocycles. The van der Waals surface area contributed by atoms with Crippen LogP contribution >= 0.6 is 23.5 Å². The van der Waals surface area contributed by atoms with E-state index in [1.54, 1.807) is 12.1 Å². The van der Waals surface area contributed by atoms with E-state index in [1.165, 1.54) is 35.8 Å². The van der Waals surface area contributed by atoms with Gasteiger partial charge in [-0.3, -0.25) is 4.79 Å². The summed E-state index contributed by atoms with van der Waals surface area (Å²) in [6.45, 7) is 0. The minimum atomic E-state index is -0.392. The van der Waals surface area contributed by atoms with Gasteiger partial charge in [-0.15, -0.1) is 23.5 Å². The molecule has 22 heavy (non-hydrogen) atoms. The van der Waals surface area contributed by atoms with E-state index in [-0.39, 0.29) is 5.69 Å². The molecule has 1 amide bonds. The number of pyridine rings is 1. The van der Waals surface area contributed by atoms with Crippen LogP contribution in [0.4, 0.5) is 5.69 Å². The first kappa shape index (κ1) is 15.2. The van der Waals surface area contributed by atoms with Crippen molar-refractivity contribution < 1.29 is 9.52 Å². The van der Waals surface area contributed by atoms with Gasteiger partial charge in [0, 0.05) is 17.8 Å². The Morgan fingerprint density at radius 1 is 1.18 bits per heavy atom. The molecule has 0 saturated carbocycles. The average Bonchev–Trinajstić information content (AvgIpc) is 2.56. The minimum absolute atomic E-state index is 0.0920. The topological polar surface area (TPSA) is 56.0 Å². The van der Waals surface area contributed by atoms with Crippen LogP contribution in [0.25, 0.3) is 0 Å². The first-order valence-electron chi connectivity index (χ1n) is 7.07. The molecule has 1 fully saturated rings. The van der Waals surface area contributed by atoms with Gasteiger partial charge in [0.15, 0.2) is 6.20 Å². The van der Waals surface area contributed by atoms with Gasteiger partial charge in [-0.05, 0) is 41.7 Å². The first-order valence-corrected chi connectivity index (χ1v) is 9.16. The van der Waals surface area contributed by atoms with Crippen LogP contribution in [0.3, 0.4) is 0 Å². The van der Waals surface area contributed by atoms with Crippen LogP contribution in [0, 0.1) is 5.21 Å². The number of nitrogens with one attached hydrogen (secondary N) is 1. The van der Waals surface area contributed by atoms with E-state index in [2.05, 4.69) is 11.4 Å². The monoisotopic (exact) mass is 332 g/mol. The summed E-state index contributed by atoms with van der Waals surface area (Å²) in [5.41, 5.74) is 2.02. The number of nitrogens with zero attached hydrogens (tertiary/aromatic N) is 1. The second-order valence-electron chi connectivity index (χ2n) is 4.92. The van der Waals surface area contributed by atoms with Crippen molar-refractivity contribution in [3.63, 3.8) is 0 Å². The Morgan fingerprint density at radius 2 is 2.00 bits per heavy atom. The van der Waals surface area contributed by atoms with Crippen LogP contribution in [0.2, 0.25) is 0 Å². The quantitative estimate of drug-likeness (QED) is 0.691. The van der Waals surface area contributed by atoms with Gasteiger partial charge >= 0.3 is 5.91 Å². The Morgan fingerprint density at radius 3 is 2.77 bits per heavy atom. The largest absolute Gasteiger partial charge is 0.618 e. The highest BCUT2D eigenvalue weighted by Crippen LogP contribution is 2.44. The zero-order valence-corrected chi connectivity index (χ0v) is 13.5. The highest BCUT2D eigenvalue weighted by atomic mass is 32.2. The third-order valence-electron chi connectivity index (χ3n) is 3.30. The smallest absolute Gasteiger partial charge is 0.321 e. The van der Waals surface area contributed by atoms with Gasteiger partial charge in [-0.2, -0.15) is 4.73 Å². The number of amides is 1. The number of aromatic nitrogens is 1. The Kier molecular flexibility index (Phi) is 4.90. The van der Waals surface area contributed by atoms with Gasteiger partial charge in [0.05, 0.1) is 4.58 Å². The Hall–Kier alpha value is -1.66. The van der Waals surface area contributed by atoms with Crippen LogP contribution in [0.5, 0.6) is 0 Å². The molecule has 114 valence electrons. The summed E-state index contributed by atoms with van der Waals surface area (Å²) in [6.07, 6.45) is 2.57. The van der Waals surface area contributed by atoms with Crippen molar-refractivity contribution in [2.24, 2.45) is 0 Å². The number of rotatable bonds is 3. The zero-order chi connectivity index (χ0) is 15.4. The summed E-state index contributed by atoms with van der Waals surface area (Å²) in [5.74, 6) is 1.96. The molecule has 0 spiro atoms. The first-order chi connectivity index (χ1) is 10.7. The maximum Gasteiger partial charge on any atom is 0.321 e. The van der Waals surface area contributed by atoms with Crippen molar-refractivity contribution in [3.05, 3.63) is 65.1 Å². The second kappa shape index (κ2) is 7.07. The SMILES string of the molecule is O=C(Nc1cccc(C2SCCCS2)c1)c1cccc[n+]1[O-]. The standard InChI is InChI=1S/C16H16N2O2S2/c19-15(14-7-1-2-8-18(14)20)17-13-6-3-5-12(11-13)16-21-9-4-10-22-16/h1-3,5-8,11,16H,4,9-10H2,(H,17,19). The van der Waals surface area contributed by atoms with Crippen molar-refractivity contribution in [1.82, 2.24) is 0 Å². The van der Waals surface area contributed by atoms with Crippen molar-refractivity contribution in [3.8, 4) is 0 Å². The molecule has 0 atom stereocenters. The summed E-state index contributed by atoms with van der Waals surface area (Å²) in [4.78, 5) is 12.2. The Bertz CT molecular complexity index is 673. The lowest BCUT2D eigenvalue weighted by Gasteiger charge is -2.21. The van der Waals surface area contributed by atoms with E-state index in [1.807, 2.05) is 41.7 Å². The molecule has 0 aliphatic carbocycles. The minimum Gasteiger partial charge on any atom is -0.618 e. The van der Waals surface area contributed by atoms with E-state index >= 15 is 0 Å². The predicted octanol–water partition coefficient (Wildman–Crippen LogP) is 3.44. The lowest BCUT2D eigenvalue weighted by Crippen LogP contribution is -2.36.